The number of hydrogen-bond acceptors (Lipinski definition) is 4. The van der Waals surface area contributed by atoms with Crippen LogP contribution in [0.2, 0.25) is 0 Å². The molecule has 8 heteroatoms. The molecule has 0 heterocycles. The van der Waals surface area contributed by atoms with Crippen LogP contribution in [0.1, 0.15) is 21.5 Å². The summed E-state index contributed by atoms with van der Waals surface area (Å²) in [6.45, 7) is -0.497. The highest BCUT2D eigenvalue weighted by Crippen LogP contribution is 2.32. The molecular weight excluding hydrogens is 253 g/mol. The van der Waals surface area contributed by atoms with E-state index >= 15 is 0 Å². The number of ether oxygens (including phenoxy) is 1. The molecule has 0 bridgehead atoms. The van der Waals surface area contributed by atoms with Crippen molar-refractivity contribution >= 4 is 5.97 Å². The zero-order chi connectivity index (χ0) is 13.9. The lowest BCUT2D eigenvalue weighted by Crippen LogP contribution is -2.21. The molecule has 0 saturated carbocycles. The van der Waals surface area contributed by atoms with Crippen LogP contribution in [-0.2, 0) is 6.54 Å². The van der Waals surface area contributed by atoms with E-state index in [1.165, 1.54) is 6.07 Å². The Hall–Kier alpha value is -2.27. The highest BCUT2D eigenvalue weighted by molar-refractivity contribution is 5.90. The minimum Gasteiger partial charge on any atom is -0.478 e. The first-order valence-corrected chi connectivity index (χ1v) is 4.55. The van der Waals surface area contributed by atoms with Crippen molar-refractivity contribution in [1.82, 2.24) is 0 Å². The average Bonchev–Trinajstić information content (AvgIpc) is 2.26. The van der Waals surface area contributed by atoms with Crippen LogP contribution in [0.25, 0.3) is 0 Å². The van der Waals surface area contributed by atoms with Crippen molar-refractivity contribution < 1.29 is 27.8 Å². The number of nitriles is 1. The third-order valence-electron chi connectivity index (χ3n) is 2.03. The quantitative estimate of drug-likeness (QED) is 0.860. The van der Waals surface area contributed by atoms with E-state index in [0.717, 1.165) is 12.1 Å². The molecule has 5 nitrogen and oxygen atoms in total. The molecule has 0 aliphatic carbocycles. The normalized spacial score (nSPS) is 10.8. The minimum atomic E-state index is -5.04. The molecule has 0 aromatic heterocycles. The number of carboxylic acids is 1. The fourth-order valence-corrected chi connectivity index (χ4v) is 1.35. The van der Waals surface area contributed by atoms with Gasteiger partial charge in [-0.05, 0) is 12.1 Å². The summed E-state index contributed by atoms with van der Waals surface area (Å²) in [5.41, 5.74) is 3.97. The van der Waals surface area contributed by atoms with E-state index in [1.807, 2.05) is 0 Å². The van der Waals surface area contributed by atoms with E-state index in [1.54, 1.807) is 0 Å². The molecule has 0 unspecified atom stereocenters. The zero-order valence-electron chi connectivity index (χ0n) is 8.78. The number of rotatable bonds is 3. The number of benzene rings is 1. The van der Waals surface area contributed by atoms with E-state index in [9.17, 15) is 18.0 Å². The van der Waals surface area contributed by atoms with Crippen molar-refractivity contribution in [3.05, 3.63) is 28.8 Å². The lowest BCUT2D eigenvalue weighted by Gasteiger charge is -2.15. The van der Waals surface area contributed by atoms with Crippen LogP contribution in [0.5, 0.6) is 5.75 Å². The molecule has 0 aliphatic heterocycles. The molecule has 0 fully saturated rings. The Balaban J connectivity index is 3.48. The van der Waals surface area contributed by atoms with Gasteiger partial charge in [0.1, 0.15) is 6.07 Å². The van der Waals surface area contributed by atoms with Crippen molar-refractivity contribution in [3.8, 4) is 11.8 Å². The third-order valence-corrected chi connectivity index (χ3v) is 2.03. The number of carboxylic acid groups (broad SMARTS) is 1. The lowest BCUT2D eigenvalue weighted by molar-refractivity contribution is -0.275. The summed E-state index contributed by atoms with van der Waals surface area (Å²) >= 11 is 0. The van der Waals surface area contributed by atoms with E-state index in [2.05, 4.69) is 4.74 Å². The minimum absolute atomic E-state index is 0.376. The summed E-state index contributed by atoms with van der Waals surface area (Å²) < 4.78 is 40.2. The van der Waals surface area contributed by atoms with Crippen LogP contribution in [-0.4, -0.2) is 17.4 Å². The summed E-state index contributed by atoms with van der Waals surface area (Å²) in [4.78, 5) is 10.8. The Morgan fingerprint density at radius 2 is 2.11 bits per heavy atom. The molecule has 0 aliphatic rings. The largest absolute Gasteiger partial charge is 0.573 e. The van der Waals surface area contributed by atoms with Crippen LogP contribution in [0, 0.1) is 11.3 Å². The van der Waals surface area contributed by atoms with Gasteiger partial charge in [-0.3, -0.25) is 0 Å². The van der Waals surface area contributed by atoms with Crippen molar-refractivity contribution in [3.63, 3.8) is 0 Å². The van der Waals surface area contributed by atoms with Gasteiger partial charge in [0.2, 0.25) is 0 Å². The second kappa shape index (κ2) is 4.93. The highest BCUT2D eigenvalue weighted by atomic mass is 19.4. The molecular formula is C10H7F3N2O3. The van der Waals surface area contributed by atoms with Gasteiger partial charge >= 0.3 is 12.3 Å². The maximum Gasteiger partial charge on any atom is 0.573 e. The first kappa shape index (κ1) is 13.8. The van der Waals surface area contributed by atoms with E-state index in [4.69, 9.17) is 16.1 Å². The first-order valence-electron chi connectivity index (χ1n) is 4.55. The summed E-state index contributed by atoms with van der Waals surface area (Å²) in [5, 5.41) is 17.5. The topological polar surface area (TPSA) is 96.3 Å². The zero-order valence-corrected chi connectivity index (χ0v) is 8.78. The summed E-state index contributed by atoms with van der Waals surface area (Å²) in [6, 6.07) is 3.43. The number of alkyl halides is 3. The fourth-order valence-electron chi connectivity index (χ4n) is 1.35. The molecule has 0 spiro atoms. The van der Waals surface area contributed by atoms with Gasteiger partial charge in [0.15, 0.2) is 5.75 Å². The maximum absolute atomic E-state index is 12.2. The predicted molar refractivity (Wildman–Crippen MR) is 52.7 cm³/mol. The fraction of sp³-hybridized carbons (Fsp3) is 0.200. The Labute approximate surface area is 99.2 Å². The first-order chi connectivity index (χ1) is 8.30. The van der Waals surface area contributed by atoms with E-state index in [0.29, 0.717) is 0 Å². The Kier molecular flexibility index (Phi) is 3.78. The number of nitrogens with zero attached hydrogens (tertiary/aromatic N) is 1. The lowest BCUT2D eigenvalue weighted by atomic mass is 10.0. The second-order valence-electron chi connectivity index (χ2n) is 3.14. The standard InChI is InChI=1S/C10H7F3N2O3/c11-10(12,13)18-8-5(3-14)1-2-6(9(16)17)7(8)4-15/h1-2H,4,15H2,(H,16,17). The van der Waals surface area contributed by atoms with Gasteiger partial charge in [0.05, 0.1) is 11.1 Å². The number of aromatic carboxylic acids is 1. The Bertz CT molecular complexity index is 520. The van der Waals surface area contributed by atoms with Crippen molar-refractivity contribution in [1.29, 1.82) is 5.26 Å². The van der Waals surface area contributed by atoms with Crippen LogP contribution in [0.15, 0.2) is 12.1 Å². The van der Waals surface area contributed by atoms with Gasteiger partial charge in [-0.25, -0.2) is 4.79 Å². The summed E-state index contributed by atoms with van der Waals surface area (Å²) in [7, 11) is 0. The third kappa shape index (κ3) is 2.89. The van der Waals surface area contributed by atoms with Crippen LogP contribution in [0.4, 0.5) is 13.2 Å². The number of hydrogen-bond donors (Lipinski definition) is 2. The Morgan fingerprint density at radius 3 is 2.50 bits per heavy atom. The van der Waals surface area contributed by atoms with E-state index in [-0.39, 0.29) is 5.56 Å². The van der Waals surface area contributed by atoms with Gasteiger partial charge in [-0.15, -0.1) is 13.2 Å². The maximum atomic E-state index is 12.2. The number of halogens is 3. The predicted octanol–water partition coefficient (Wildman–Crippen LogP) is 1.61. The van der Waals surface area contributed by atoms with Gasteiger partial charge in [-0.2, -0.15) is 5.26 Å². The van der Waals surface area contributed by atoms with Gasteiger partial charge in [0, 0.05) is 12.1 Å². The SMILES string of the molecule is N#Cc1ccc(C(=O)O)c(CN)c1OC(F)(F)F. The van der Waals surface area contributed by atoms with Crippen molar-refractivity contribution in [2.75, 3.05) is 0 Å². The van der Waals surface area contributed by atoms with Gasteiger partial charge < -0.3 is 15.6 Å². The number of nitrogens with two attached hydrogens (primary N) is 1. The van der Waals surface area contributed by atoms with Crippen LogP contribution < -0.4 is 10.5 Å². The van der Waals surface area contributed by atoms with Crippen molar-refractivity contribution in [2.45, 2.75) is 12.9 Å². The molecule has 0 atom stereocenters. The molecule has 0 amide bonds. The molecule has 96 valence electrons. The molecule has 0 radical (unpaired) electrons. The smallest absolute Gasteiger partial charge is 0.478 e. The highest BCUT2D eigenvalue weighted by Gasteiger charge is 2.34. The molecule has 1 aromatic rings. The molecule has 0 saturated heterocycles. The summed E-state index contributed by atoms with van der Waals surface area (Å²) in [6.07, 6.45) is -5.04. The van der Waals surface area contributed by atoms with Gasteiger partial charge in [0.25, 0.3) is 0 Å². The second-order valence-corrected chi connectivity index (χ2v) is 3.14. The molecule has 1 rings (SSSR count). The molecule has 1 aromatic carbocycles. The monoisotopic (exact) mass is 260 g/mol. The summed E-state index contributed by atoms with van der Waals surface area (Å²) in [5.74, 6) is -2.32. The molecule has 3 N–H and O–H groups in total. The molecule has 18 heavy (non-hydrogen) atoms. The van der Waals surface area contributed by atoms with Crippen LogP contribution >= 0.6 is 0 Å². The van der Waals surface area contributed by atoms with Gasteiger partial charge in [-0.1, -0.05) is 0 Å². The number of carbonyl (C=O) groups is 1. The van der Waals surface area contributed by atoms with E-state index < -0.39 is 35.8 Å². The average molecular weight is 260 g/mol. The van der Waals surface area contributed by atoms with Crippen LogP contribution in [0.3, 0.4) is 0 Å². The Morgan fingerprint density at radius 1 is 1.50 bits per heavy atom. The van der Waals surface area contributed by atoms with Crippen molar-refractivity contribution in [2.24, 2.45) is 5.73 Å².